The van der Waals surface area contributed by atoms with E-state index in [1.807, 2.05) is 26.0 Å². The number of hydrogen-bond donors (Lipinski definition) is 1. The van der Waals surface area contributed by atoms with Gasteiger partial charge in [0, 0.05) is 45.8 Å². The fourth-order valence-electron chi connectivity index (χ4n) is 3.38. The Labute approximate surface area is 153 Å². The molecule has 142 valence electrons. The van der Waals surface area contributed by atoms with Gasteiger partial charge in [-0.2, -0.15) is 0 Å². The molecule has 2 aliphatic rings. The number of rotatable bonds is 5. The second kappa shape index (κ2) is 7.90. The van der Waals surface area contributed by atoms with Crippen molar-refractivity contribution in [1.82, 2.24) is 19.8 Å². The Balaban J connectivity index is 1.61. The van der Waals surface area contributed by atoms with E-state index in [-0.39, 0.29) is 17.5 Å². The van der Waals surface area contributed by atoms with Crippen molar-refractivity contribution >= 4 is 11.9 Å². The molecule has 0 bridgehead atoms. The van der Waals surface area contributed by atoms with Crippen LogP contribution in [0.2, 0.25) is 0 Å². The molecule has 0 aliphatic carbocycles. The number of likely N-dealkylation sites (tertiary alicyclic amines) is 1. The van der Waals surface area contributed by atoms with Crippen LogP contribution in [0.5, 0.6) is 0 Å². The van der Waals surface area contributed by atoms with Crippen LogP contribution >= 0.6 is 0 Å². The molecule has 0 radical (unpaired) electrons. The summed E-state index contributed by atoms with van der Waals surface area (Å²) in [5, 5.41) is 0. The molecule has 1 atom stereocenters. The zero-order valence-corrected chi connectivity index (χ0v) is 15.7. The average molecular weight is 361 g/mol. The number of anilines is 1. The lowest BCUT2D eigenvalue weighted by molar-refractivity contribution is -0.126. The topological polar surface area (TPSA) is 81.8 Å². The Kier molecular flexibility index (Phi) is 5.61. The molecule has 3 heterocycles. The van der Waals surface area contributed by atoms with Crippen LogP contribution in [0, 0.1) is 0 Å². The van der Waals surface area contributed by atoms with E-state index in [0.717, 1.165) is 37.1 Å². The zero-order chi connectivity index (χ0) is 18.7. The summed E-state index contributed by atoms with van der Waals surface area (Å²) in [4.78, 5) is 37.5. The molecule has 2 aliphatic heterocycles. The maximum absolute atomic E-state index is 12.6. The van der Waals surface area contributed by atoms with Crippen molar-refractivity contribution in [2.45, 2.75) is 31.8 Å². The Hall–Kier alpha value is -2.35. The highest BCUT2D eigenvalue weighted by Crippen LogP contribution is 2.21. The van der Waals surface area contributed by atoms with Crippen molar-refractivity contribution in [3.63, 3.8) is 0 Å². The first-order valence-corrected chi connectivity index (χ1v) is 9.02. The van der Waals surface area contributed by atoms with Crippen molar-refractivity contribution in [2.75, 3.05) is 45.7 Å². The minimum absolute atomic E-state index is 0.0878. The van der Waals surface area contributed by atoms with Gasteiger partial charge in [-0.1, -0.05) is 0 Å². The van der Waals surface area contributed by atoms with Crippen molar-refractivity contribution < 1.29 is 9.53 Å². The number of aromatic nitrogens is 2. The van der Waals surface area contributed by atoms with Crippen molar-refractivity contribution in [3.05, 3.63) is 33.9 Å². The summed E-state index contributed by atoms with van der Waals surface area (Å²) in [6.45, 7) is 2.71. The molecule has 1 N–H and O–H groups in total. The molecule has 1 amide bonds. The van der Waals surface area contributed by atoms with Crippen molar-refractivity contribution in [1.29, 1.82) is 0 Å². The second-order valence-corrected chi connectivity index (χ2v) is 7.18. The number of ether oxygens (including phenoxy) is 1. The molecule has 8 heteroatoms. The highest BCUT2D eigenvalue weighted by atomic mass is 16.5. The predicted molar refractivity (Wildman–Crippen MR) is 98.9 cm³/mol. The van der Waals surface area contributed by atoms with E-state index in [0.29, 0.717) is 25.6 Å². The molecule has 1 fully saturated rings. The zero-order valence-electron chi connectivity index (χ0n) is 15.7. The predicted octanol–water partition coefficient (Wildman–Crippen LogP) is 0.563. The minimum atomic E-state index is -0.153. The quantitative estimate of drug-likeness (QED) is 0.825. The highest BCUT2D eigenvalue weighted by Gasteiger charge is 2.31. The van der Waals surface area contributed by atoms with Crippen LogP contribution in [0.25, 0.3) is 0 Å². The van der Waals surface area contributed by atoms with E-state index in [9.17, 15) is 9.59 Å². The average Bonchev–Trinajstić information content (AvgIpc) is 3.11. The summed E-state index contributed by atoms with van der Waals surface area (Å²) in [5.41, 5.74) is 1.35. The van der Waals surface area contributed by atoms with E-state index in [1.54, 1.807) is 11.2 Å². The summed E-state index contributed by atoms with van der Waals surface area (Å²) in [6.07, 6.45) is 4.23. The van der Waals surface area contributed by atoms with Gasteiger partial charge < -0.3 is 14.5 Å². The highest BCUT2D eigenvalue weighted by molar-refractivity contribution is 5.93. The Morgan fingerprint density at radius 1 is 1.42 bits per heavy atom. The van der Waals surface area contributed by atoms with Crippen LogP contribution in [-0.4, -0.2) is 72.6 Å². The molecule has 0 saturated carbocycles. The number of aromatic amines is 1. The number of hydrogen-bond acceptors (Lipinski definition) is 6. The molecule has 8 nitrogen and oxygen atoms in total. The van der Waals surface area contributed by atoms with Gasteiger partial charge in [0.25, 0.3) is 11.5 Å². The van der Waals surface area contributed by atoms with Crippen molar-refractivity contribution in [3.8, 4) is 0 Å². The molecule has 0 aromatic carbocycles. The van der Waals surface area contributed by atoms with E-state index in [2.05, 4.69) is 14.9 Å². The lowest BCUT2D eigenvalue weighted by atomic mass is 10.1. The van der Waals surface area contributed by atoms with Crippen LogP contribution in [0.4, 0.5) is 5.95 Å². The minimum Gasteiger partial charge on any atom is -0.501 e. The summed E-state index contributed by atoms with van der Waals surface area (Å²) in [7, 11) is 5.70. The fourth-order valence-corrected chi connectivity index (χ4v) is 3.38. The van der Waals surface area contributed by atoms with E-state index in [1.165, 1.54) is 6.07 Å². The molecular weight excluding hydrogens is 334 g/mol. The SMILES string of the molecule is CN(C)c1nc(CN(C)C2CCN(C(=O)C3=COCCC3)C2)cc(=O)[nH]1. The normalized spacial score (nSPS) is 20.1. The number of carbonyl (C=O) groups is 1. The first-order valence-electron chi connectivity index (χ1n) is 9.02. The van der Waals surface area contributed by atoms with Crippen molar-refractivity contribution in [2.24, 2.45) is 0 Å². The van der Waals surface area contributed by atoms with Gasteiger partial charge in [-0.3, -0.25) is 19.5 Å². The number of carbonyl (C=O) groups excluding carboxylic acids is 1. The lowest BCUT2D eigenvalue weighted by Gasteiger charge is -2.25. The maximum Gasteiger partial charge on any atom is 0.252 e. The molecule has 3 rings (SSSR count). The Morgan fingerprint density at radius 3 is 2.92 bits per heavy atom. The van der Waals surface area contributed by atoms with Gasteiger partial charge >= 0.3 is 0 Å². The van der Waals surface area contributed by atoms with Gasteiger partial charge in [0.1, 0.15) is 0 Å². The van der Waals surface area contributed by atoms with Crippen LogP contribution in [-0.2, 0) is 16.1 Å². The van der Waals surface area contributed by atoms with E-state index in [4.69, 9.17) is 4.74 Å². The summed E-state index contributed by atoms with van der Waals surface area (Å²) in [6, 6.07) is 1.79. The van der Waals surface area contributed by atoms with Gasteiger partial charge in [0.15, 0.2) is 0 Å². The third-order valence-corrected chi connectivity index (χ3v) is 4.90. The van der Waals surface area contributed by atoms with Gasteiger partial charge in [0.2, 0.25) is 5.95 Å². The third kappa shape index (κ3) is 4.24. The van der Waals surface area contributed by atoms with Crippen LogP contribution in [0.15, 0.2) is 22.7 Å². The van der Waals surface area contributed by atoms with Crippen LogP contribution in [0.1, 0.15) is 25.0 Å². The fraction of sp³-hybridized carbons (Fsp3) is 0.611. The third-order valence-electron chi connectivity index (χ3n) is 4.90. The summed E-state index contributed by atoms with van der Waals surface area (Å²) < 4.78 is 5.29. The Bertz CT molecular complexity index is 743. The van der Waals surface area contributed by atoms with E-state index < -0.39 is 0 Å². The Morgan fingerprint density at radius 2 is 2.23 bits per heavy atom. The molecular formula is C18H27N5O3. The summed E-state index contributed by atoms with van der Waals surface area (Å²) in [5.74, 6) is 0.637. The molecule has 1 aromatic rings. The number of amides is 1. The maximum atomic E-state index is 12.6. The number of H-pyrrole nitrogens is 1. The second-order valence-electron chi connectivity index (χ2n) is 7.18. The monoisotopic (exact) mass is 361 g/mol. The van der Waals surface area contributed by atoms with E-state index >= 15 is 0 Å². The standard InChI is InChI=1S/C18H27N5O3/c1-21(2)18-19-14(9-16(24)20-18)10-22(3)15-6-7-23(11-15)17(25)13-5-4-8-26-12-13/h9,12,15H,4-8,10-11H2,1-3H3,(H,19,20,24). The summed E-state index contributed by atoms with van der Waals surface area (Å²) >= 11 is 0. The van der Waals surface area contributed by atoms with Gasteiger partial charge in [-0.05, 0) is 26.3 Å². The van der Waals surface area contributed by atoms with Gasteiger partial charge in [-0.25, -0.2) is 4.98 Å². The van der Waals surface area contributed by atoms with Crippen LogP contribution < -0.4 is 10.5 Å². The first kappa shape index (κ1) is 18.4. The molecule has 1 saturated heterocycles. The molecule has 1 aromatic heterocycles. The molecule has 26 heavy (non-hydrogen) atoms. The molecule has 1 unspecified atom stereocenters. The number of likely N-dealkylation sites (N-methyl/N-ethyl adjacent to an activating group) is 1. The van der Waals surface area contributed by atoms with Gasteiger partial charge in [-0.15, -0.1) is 0 Å². The number of nitrogens with zero attached hydrogens (tertiary/aromatic N) is 4. The molecule has 0 spiro atoms. The number of nitrogens with one attached hydrogen (secondary N) is 1. The van der Waals surface area contributed by atoms with Gasteiger partial charge in [0.05, 0.1) is 24.1 Å². The largest absolute Gasteiger partial charge is 0.501 e. The lowest BCUT2D eigenvalue weighted by Crippen LogP contribution is -2.37. The smallest absolute Gasteiger partial charge is 0.252 e. The van der Waals surface area contributed by atoms with Crippen LogP contribution in [0.3, 0.4) is 0 Å². The first-order chi connectivity index (χ1) is 12.4.